The molecule has 4 aromatic rings. The van der Waals surface area contributed by atoms with Gasteiger partial charge in [0.2, 0.25) is 0 Å². The van der Waals surface area contributed by atoms with Gasteiger partial charge in [-0.25, -0.2) is 9.18 Å². The van der Waals surface area contributed by atoms with Gasteiger partial charge in [0, 0.05) is 51.6 Å². The summed E-state index contributed by atoms with van der Waals surface area (Å²) in [4.78, 5) is 11.9. The van der Waals surface area contributed by atoms with Crippen LogP contribution in [-0.2, 0) is 20.5 Å². The number of ether oxygens (including phenoxy) is 1. The van der Waals surface area contributed by atoms with Crippen molar-refractivity contribution in [2.24, 2.45) is 0 Å². The lowest BCUT2D eigenvalue weighted by Gasteiger charge is -2.42. The van der Waals surface area contributed by atoms with Gasteiger partial charge in [0.15, 0.2) is 5.54 Å². The second kappa shape index (κ2) is 8.30. The molecule has 186 valence electrons. The first kappa shape index (κ1) is 23.7. The molecule has 0 unspecified atom stereocenters. The summed E-state index contributed by atoms with van der Waals surface area (Å²) in [5, 5.41) is 22.8. The molecule has 9 heteroatoms. The molecule has 0 spiro atoms. The van der Waals surface area contributed by atoms with Gasteiger partial charge in [0.05, 0.1) is 30.3 Å². The van der Waals surface area contributed by atoms with Gasteiger partial charge in [-0.1, -0.05) is 6.92 Å². The van der Waals surface area contributed by atoms with Crippen LogP contribution in [0.25, 0.3) is 27.7 Å². The second-order valence-electron chi connectivity index (χ2n) is 9.84. The maximum atomic E-state index is 13.9. The van der Waals surface area contributed by atoms with Gasteiger partial charge in [-0.15, -0.1) is 0 Å². The lowest BCUT2D eigenvalue weighted by atomic mass is 9.77. The number of nitrogen functional groups attached to an aromatic ring is 1. The molecule has 1 aliphatic rings. The SMILES string of the molecule is CCC1(c2c(-c3cnn(C(C)(C)C(=O)O)c3)c3cc(N)c(C=N)cc3n2-c2ccc(F)cc2)COC1. The highest BCUT2D eigenvalue weighted by molar-refractivity contribution is 6.04. The first-order valence-corrected chi connectivity index (χ1v) is 11.7. The number of carbonyl (C=O) groups is 1. The number of hydrogen-bond donors (Lipinski definition) is 3. The predicted octanol–water partition coefficient (Wildman–Crippen LogP) is 4.71. The van der Waals surface area contributed by atoms with Crippen LogP contribution < -0.4 is 5.73 Å². The van der Waals surface area contributed by atoms with Crippen LogP contribution in [0.5, 0.6) is 0 Å². The number of aromatic nitrogens is 3. The maximum Gasteiger partial charge on any atom is 0.331 e. The fraction of sp³-hybridized carbons (Fsp3) is 0.296. The number of hydrogen-bond acceptors (Lipinski definition) is 5. The van der Waals surface area contributed by atoms with Gasteiger partial charge in [0.25, 0.3) is 0 Å². The number of carboxylic acid groups (broad SMARTS) is 1. The van der Waals surface area contributed by atoms with Crippen molar-refractivity contribution in [3.05, 3.63) is 65.9 Å². The van der Waals surface area contributed by atoms with Crippen LogP contribution in [-0.4, -0.2) is 44.9 Å². The Kier molecular flexibility index (Phi) is 5.48. The summed E-state index contributed by atoms with van der Waals surface area (Å²) in [5.41, 5.74) is 9.93. The van der Waals surface area contributed by atoms with E-state index in [0.29, 0.717) is 24.5 Å². The monoisotopic (exact) mass is 489 g/mol. The van der Waals surface area contributed by atoms with Crippen molar-refractivity contribution >= 4 is 28.8 Å². The molecule has 0 amide bonds. The molecule has 1 aliphatic heterocycles. The fourth-order valence-corrected chi connectivity index (χ4v) is 4.86. The van der Waals surface area contributed by atoms with Crippen molar-refractivity contribution in [2.45, 2.75) is 38.1 Å². The number of aliphatic carboxylic acids is 1. The molecule has 5 rings (SSSR count). The van der Waals surface area contributed by atoms with E-state index in [9.17, 15) is 14.3 Å². The van der Waals surface area contributed by atoms with Crippen molar-refractivity contribution in [3.8, 4) is 16.8 Å². The Morgan fingerprint density at radius 3 is 2.56 bits per heavy atom. The van der Waals surface area contributed by atoms with Crippen LogP contribution in [0.4, 0.5) is 10.1 Å². The van der Waals surface area contributed by atoms with E-state index in [1.54, 1.807) is 38.4 Å². The molecule has 36 heavy (non-hydrogen) atoms. The summed E-state index contributed by atoms with van der Waals surface area (Å²) in [5.74, 6) is -1.33. The molecule has 4 N–H and O–H groups in total. The third-order valence-corrected chi connectivity index (χ3v) is 7.32. The molecule has 0 aliphatic carbocycles. The molecule has 2 aromatic heterocycles. The highest BCUT2D eigenvalue weighted by Crippen LogP contribution is 2.48. The van der Waals surface area contributed by atoms with E-state index in [1.807, 2.05) is 12.1 Å². The molecule has 1 fully saturated rings. The summed E-state index contributed by atoms with van der Waals surface area (Å²) in [6, 6.07) is 10.00. The largest absolute Gasteiger partial charge is 0.479 e. The number of nitrogens with zero attached hydrogens (tertiary/aromatic N) is 3. The number of nitrogens with one attached hydrogen (secondary N) is 1. The van der Waals surface area contributed by atoms with Crippen molar-refractivity contribution in [1.29, 1.82) is 5.41 Å². The molecule has 0 bridgehead atoms. The van der Waals surface area contributed by atoms with E-state index in [4.69, 9.17) is 15.9 Å². The lowest BCUT2D eigenvalue weighted by molar-refractivity contribution is -0.146. The molecule has 3 heterocycles. The van der Waals surface area contributed by atoms with Gasteiger partial charge in [-0.05, 0) is 56.7 Å². The molecule has 0 atom stereocenters. The lowest BCUT2D eigenvalue weighted by Crippen LogP contribution is -2.47. The summed E-state index contributed by atoms with van der Waals surface area (Å²) in [6.45, 7) is 6.31. The van der Waals surface area contributed by atoms with Crippen molar-refractivity contribution in [2.75, 3.05) is 18.9 Å². The molecule has 0 saturated carbocycles. The van der Waals surface area contributed by atoms with Crippen LogP contribution in [0.15, 0.2) is 48.8 Å². The first-order valence-electron chi connectivity index (χ1n) is 11.7. The van der Waals surface area contributed by atoms with Crippen LogP contribution in [0.2, 0.25) is 0 Å². The van der Waals surface area contributed by atoms with Crippen molar-refractivity contribution in [1.82, 2.24) is 14.3 Å². The van der Waals surface area contributed by atoms with Gasteiger partial charge in [-0.2, -0.15) is 5.10 Å². The summed E-state index contributed by atoms with van der Waals surface area (Å²) >= 11 is 0. The minimum atomic E-state index is -1.25. The number of rotatable bonds is 7. The molecular weight excluding hydrogens is 461 g/mol. The van der Waals surface area contributed by atoms with Crippen LogP contribution in [0.3, 0.4) is 0 Å². The predicted molar refractivity (Wildman–Crippen MR) is 136 cm³/mol. The summed E-state index contributed by atoms with van der Waals surface area (Å²) in [6.07, 6.45) is 5.41. The van der Waals surface area contributed by atoms with Crippen LogP contribution in [0.1, 0.15) is 38.4 Å². The fourth-order valence-electron chi connectivity index (χ4n) is 4.86. The zero-order valence-corrected chi connectivity index (χ0v) is 20.4. The topological polar surface area (TPSA) is 119 Å². The van der Waals surface area contributed by atoms with E-state index in [-0.39, 0.29) is 11.2 Å². The smallest absolute Gasteiger partial charge is 0.331 e. The van der Waals surface area contributed by atoms with E-state index in [2.05, 4.69) is 16.6 Å². The highest BCUT2D eigenvalue weighted by atomic mass is 19.1. The Morgan fingerprint density at radius 2 is 2.00 bits per heavy atom. The number of fused-ring (bicyclic) bond motifs is 1. The highest BCUT2D eigenvalue weighted by Gasteiger charge is 2.44. The van der Waals surface area contributed by atoms with Crippen molar-refractivity contribution in [3.63, 3.8) is 0 Å². The molecule has 2 aromatic carbocycles. The normalized spacial score (nSPS) is 15.1. The standard InChI is InChI=1S/C27H28FN5O3/c1-4-27(14-36-15-27)24-23(17-12-31-32(13-17)26(2,3)25(34)35)20-10-21(30)16(11-29)9-22(20)33(24)19-7-5-18(28)6-8-19/h5-13,29H,4,14-15,30H2,1-3H3,(H,34,35). The van der Waals surface area contributed by atoms with E-state index >= 15 is 0 Å². The quantitative estimate of drug-likeness (QED) is 0.257. The number of carboxylic acids is 1. The Morgan fingerprint density at radius 1 is 1.31 bits per heavy atom. The van der Waals surface area contributed by atoms with Crippen molar-refractivity contribution < 1.29 is 19.0 Å². The average molecular weight is 490 g/mol. The van der Waals surface area contributed by atoms with E-state index < -0.39 is 11.5 Å². The first-order chi connectivity index (χ1) is 17.1. The van der Waals surface area contributed by atoms with Gasteiger partial charge in [-0.3, -0.25) is 4.68 Å². The summed E-state index contributed by atoms with van der Waals surface area (Å²) in [7, 11) is 0. The molecule has 0 radical (unpaired) electrons. The Hall–Kier alpha value is -3.98. The molecule has 1 saturated heterocycles. The molecule has 8 nitrogen and oxygen atoms in total. The zero-order chi connectivity index (χ0) is 25.8. The van der Waals surface area contributed by atoms with Gasteiger partial charge < -0.3 is 25.6 Å². The average Bonchev–Trinajstić information content (AvgIpc) is 3.42. The van der Waals surface area contributed by atoms with Crippen LogP contribution >= 0.6 is 0 Å². The minimum absolute atomic E-state index is 0.327. The van der Waals surface area contributed by atoms with Gasteiger partial charge >= 0.3 is 5.97 Å². The van der Waals surface area contributed by atoms with E-state index in [1.165, 1.54) is 23.0 Å². The summed E-state index contributed by atoms with van der Waals surface area (Å²) < 4.78 is 23.1. The van der Waals surface area contributed by atoms with E-state index in [0.717, 1.165) is 39.8 Å². The number of halogens is 1. The number of anilines is 1. The third kappa shape index (κ3) is 3.42. The second-order valence-corrected chi connectivity index (χ2v) is 9.84. The molecular formula is C27H28FN5O3. The Bertz CT molecular complexity index is 1490. The van der Waals surface area contributed by atoms with Gasteiger partial charge in [0.1, 0.15) is 5.82 Å². The van der Waals surface area contributed by atoms with Crippen LogP contribution in [0, 0.1) is 11.2 Å². The minimum Gasteiger partial charge on any atom is -0.479 e. The Labute approximate surface area is 207 Å². The zero-order valence-electron chi connectivity index (χ0n) is 20.4. The number of benzene rings is 2. The number of nitrogens with two attached hydrogens (primary N) is 1. The Balaban J connectivity index is 1.91. The third-order valence-electron chi connectivity index (χ3n) is 7.32. The maximum absolute atomic E-state index is 13.9.